The molecular formula is C14H7ClF2N4. The van der Waals surface area contributed by atoms with E-state index in [0.717, 1.165) is 6.07 Å². The molecule has 0 unspecified atom stereocenters. The minimum atomic E-state index is -0.640. The summed E-state index contributed by atoms with van der Waals surface area (Å²) < 4.78 is 28.4. The lowest BCUT2D eigenvalue weighted by Gasteiger charge is -2.07. The third-order valence-corrected chi connectivity index (χ3v) is 3.34. The number of nitriles is 1. The largest absolute Gasteiger partial charge is 0.369 e. The van der Waals surface area contributed by atoms with E-state index >= 15 is 0 Å². The summed E-state index contributed by atoms with van der Waals surface area (Å²) in [6.45, 7) is 0. The van der Waals surface area contributed by atoms with E-state index in [0.29, 0.717) is 16.7 Å². The number of rotatable bonds is 1. The van der Waals surface area contributed by atoms with Gasteiger partial charge < -0.3 is 5.73 Å². The first-order valence-electron chi connectivity index (χ1n) is 5.84. The molecule has 3 aromatic rings. The van der Waals surface area contributed by atoms with Crippen molar-refractivity contribution in [2.24, 2.45) is 0 Å². The number of nitrogen functional groups attached to an aromatic ring is 1. The molecule has 0 atom stereocenters. The molecule has 0 aliphatic heterocycles. The standard InChI is InChI=1S/C14H7ClF2N4/c15-9-4-12-13(5-11(9)17)21(14(19)20-12)8-1-2-10(16)7(3-8)6-18/h1-5H,(H2,19,20). The van der Waals surface area contributed by atoms with Crippen LogP contribution >= 0.6 is 11.6 Å². The van der Waals surface area contributed by atoms with Crippen molar-refractivity contribution < 1.29 is 8.78 Å². The summed E-state index contributed by atoms with van der Waals surface area (Å²) >= 11 is 5.71. The Morgan fingerprint density at radius 1 is 1.19 bits per heavy atom. The van der Waals surface area contributed by atoms with Crippen molar-refractivity contribution in [1.82, 2.24) is 9.55 Å². The van der Waals surface area contributed by atoms with Gasteiger partial charge in [-0.1, -0.05) is 11.6 Å². The van der Waals surface area contributed by atoms with Gasteiger partial charge >= 0.3 is 0 Å². The Kier molecular flexibility index (Phi) is 3.00. The van der Waals surface area contributed by atoms with Crippen molar-refractivity contribution in [1.29, 1.82) is 5.26 Å². The van der Waals surface area contributed by atoms with Gasteiger partial charge in [0.1, 0.15) is 17.7 Å². The van der Waals surface area contributed by atoms with E-state index in [2.05, 4.69) is 4.98 Å². The van der Waals surface area contributed by atoms with E-state index in [4.69, 9.17) is 22.6 Å². The number of imidazole rings is 1. The van der Waals surface area contributed by atoms with Crippen LogP contribution in [0.1, 0.15) is 5.56 Å². The van der Waals surface area contributed by atoms with Crippen LogP contribution in [-0.2, 0) is 0 Å². The maximum absolute atomic E-state index is 13.6. The summed E-state index contributed by atoms with van der Waals surface area (Å²) in [5.74, 6) is -1.17. The van der Waals surface area contributed by atoms with Crippen LogP contribution in [0.25, 0.3) is 16.7 Å². The number of benzene rings is 2. The highest BCUT2D eigenvalue weighted by molar-refractivity contribution is 6.31. The summed E-state index contributed by atoms with van der Waals surface area (Å²) in [6, 6.07) is 8.18. The molecule has 0 radical (unpaired) electrons. The van der Waals surface area contributed by atoms with Crippen LogP contribution in [0.5, 0.6) is 0 Å². The monoisotopic (exact) mass is 304 g/mol. The topological polar surface area (TPSA) is 67.6 Å². The molecule has 0 fully saturated rings. The van der Waals surface area contributed by atoms with Crippen molar-refractivity contribution >= 4 is 28.6 Å². The number of hydrogen-bond acceptors (Lipinski definition) is 3. The highest BCUT2D eigenvalue weighted by Gasteiger charge is 2.14. The molecule has 1 aromatic heterocycles. The zero-order valence-corrected chi connectivity index (χ0v) is 11.2. The molecule has 0 saturated carbocycles. The quantitative estimate of drug-likeness (QED) is 0.749. The molecule has 7 heteroatoms. The third kappa shape index (κ3) is 2.08. The normalized spacial score (nSPS) is 10.8. The summed E-state index contributed by atoms with van der Waals surface area (Å²) in [6.07, 6.45) is 0. The lowest BCUT2D eigenvalue weighted by Crippen LogP contribution is -2.01. The molecule has 2 aromatic carbocycles. The van der Waals surface area contributed by atoms with E-state index in [1.807, 2.05) is 0 Å². The van der Waals surface area contributed by atoms with E-state index in [1.54, 1.807) is 6.07 Å². The van der Waals surface area contributed by atoms with Gasteiger partial charge in [0.15, 0.2) is 0 Å². The molecule has 0 amide bonds. The van der Waals surface area contributed by atoms with Crippen LogP contribution in [0.4, 0.5) is 14.7 Å². The first-order valence-corrected chi connectivity index (χ1v) is 6.22. The lowest BCUT2D eigenvalue weighted by molar-refractivity contribution is 0.623. The average molecular weight is 305 g/mol. The Morgan fingerprint density at radius 3 is 2.67 bits per heavy atom. The summed E-state index contributed by atoms with van der Waals surface area (Å²) in [4.78, 5) is 4.08. The molecule has 3 rings (SSSR count). The molecule has 0 spiro atoms. The maximum Gasteiger partial charge on any atom is 0.205 e. The number of hydrogen-bond donors (Lipinski definition) is 1. The van der Waals surface area contributed by atoms with Crippen LogP contribution < -0.4 is 5.73 Å². The van der Waals surface area contributed by atoms with Gasteiger partial charge in [0.05, 0.1) is 27.3 Å². The van der Waals surface area contributed by atoms with E-state index < -0.39 is 11.6 Å². The molecule has 2 N–H and O–H groups in total. The third-order valence-electron chi connectivity index (χ3n) is 3.05. The van der Waals surface area contributed by atoms with Crippen LogP contribution in [-0.4, -0.2) is 9.55 Å². The van der Waals surface area contributed by atoms with Crippen LogP contribution in [0.15, 0.2) is 30.3 Å². The average Bonchev–Trinajstić information content (AvgIpc) is 2.75. The van der Waals surface area contributed by atoms with Crippen molar-refractivity contribution in [2.45, 2.75) is 0 Å². The highest BCUT2D eigenvalue weighted by Crippen LogP contribution is 2.28. The van der Waals surface area contributed by atoms with Crippen molar-refractivity contribution in [3.63, 3.8) is 0 Å². The second kappa shape index (κ2) is 4.72. The first-order chi connectivity index (χ1) is 10.0. The Hall–Kier alpha value is -2.65. The number of nitrogens with zero attached hydrogens (tertiary/aromatic N) is 3. The summed E-state index contributed by atoms with van der Waals surface area (Å²) in [5.41, 5.74) is 6.88. The van der Waals surface area contributed by atoms with Gasteiger partial charge in [-0.3, -0.25) is 4.57 Å². The molecule has 0 saturated heterocycles. The zero-order valence-electron chi connectivity index (χ0n) is 10.4. The predicted octanol–water partition coefficient (Wildman–Crippen LogP) is 3.41. The van der Waals surface area contributed by atoms with Gasteiger partial charge in [-0.2, -0.15) is 5.26 Å². The molecule has 1 heterocycles. The number of fused-ring (bicyclic) bond motifs is 1. The summed E-state index contributed by atoms with van der Waals surface area (Å²) in [7, 11) is 0. The van der Waals surface area contributed by atoms with Gasteiger partial charge in [-0.15, -0.1) is 0 Å². The van der Waals surface area contributed by atoms with Gasteiger partial charge in [0.2, 0.25) is 5.95 Å². The molecular weight excluding hydrogens is 298 g/mol. The van der Waals surface area contributed by atoms with Gasteiger partial charge in [0.25, 0.3) is 0 Å². The fourth-order valence-electron chi connectivity index (χ4n) is 2.10. The van der Waals surface area contributed by atoms with Gasteiger partial charge in [-0.05, 0) is 24.3 Å². The zero-order chi connectivity index (χ0) is 15.1. The maximum atomic E-state index is 13.6. The van der Waals surface area contributed by atoms with Gasteiger partial charge in [0, 0.05) is 6.07 Å². The Balaban J connectivity index is 2.32. The minimum Gasteiger partial charge on any atom is -0.369 e. The van der Waals surface area contributed by atoms with Crippen molar-refractivity contribution in [3.05, 3.63) is 52.6 Å². The fourth-order valence-corrected chi connectivity index (χ4v) is 2.26. The van der Waals surface area contributed by atoms with Crippen molar-refractivity contribution in [2.75, 3.05) is 5.73 Å². The second-order valence-electron chi connectivity index (χ2n) is 4.34. The van der Waals surface area contributed by atoms with E-state index in [1.165, 1.54) is 28.8 Å². The second-order valence-corrected chi connectivity index (χ2v) is 4.74. The van der Waals surface area contributed by atoms with E-state index in [-0.39, 0.29) is 16.5 Å². The number of halogens is 3. The van der Waals surface area contributed by atoms with Crippen LogP contribution in [0.3, 0.4) is 0 Å². The Labute approximate surface area is 123 Å². The van der Waals surface area contributed by atoms with Gasteiger partial charge in [-0.25, -0.2) is 13.8 Å². The Morgan fingerprint density at radius 2 is 1.95 bits per heavy atom. The molecule has 0 aliphatic rings. The fraction of sp³-hybridized carbons (Fsp3) is 0. The number of aromatic nitrogens is 2. The lowest BCUT2D eigenvalue weighted by atomic mass is 10.2. The first kappa shape index (κ1) is 13.3. The molecule has 4 nitrogen and oxygen atoms in total. The van der Waals surface area contributed by atoms with Crippen LogP contribution in [0.2, 0.25) is 5.02 Å². The minimum absolute atomic E-state index is 0.0658. The highest BCUT2D eigenvalue weighted by atomic mass is 35.5. The number of nitrogens with two attached hydrogens (primary N) is 1. The SMILES string of the molecule is N#Cc1cc(-n2c(N)nc3cc(Cl)c(F)cc32)ccc1F. The van der Waals surface area contributed by atoms with Crippen LogP contribution in [0, 0.1) is 23.0 Å². The predicted molar refractivity (Wildman–Crippen MR) is 75.1 cm³/mol. The smallest absolute Gasteiger partial charge is 0.205 e. The summed E-state index contributed by atoms with van der Waals surface area (Å²) in [5, 5.41) is 8.81. The molecule has 104 valence electrons. The number of anilines is 1. The molecule has 0 aliphatic carbocycles. The molecule has 0 bridgehead atoms. The van der Waals surface area contributed by atoms with Crippen molar-refractivity contribution in [3.8, 4) is 11.8 Å². The Bertz CT molecular complexity index is 911. The van der Waals surface area contributed by atoms with E-state index in [9.17, 15) is 8.78 Å². The molecule has 21 heavy (non-hydrogen) atoms.